The van der Waals surface area contributed by atoms with E-state index in [1.165, 1.54) is 44.2 Å². The van der Waals surface area contributed by atoms with Gasteiger partial charge in [-0.05, 0) is 50.6 Å². The Kier molecular flexibility index (Phi) is 2.83. The van der Waals surface area contributed by atoms with Crippen LogP contribution in [0.1, 0.15) is 16.7 Å². The lowest BCUT2D eigenvalue weighted by atomic mass is 10.1. The number of aryl methyl sites for hydroxylation is 3. The number of hydrogen-bond acceptors (Lipinski definition) is 0. The number of fused-ring (bicyclic) bond motifs is 3. The smallest absolute Gasteiger partial charge is 0.0570 e. The summed E-state index contributed by atoms with van der Waals surface area (Å²) >= 11 is 0. The van der Waals surface area contributed by atoms with Crippen molar-refractivity contribution >= 4 is 21.8 Å². The quantitative estimate of drug-likeness (QED) is 0.422. The largest absolute Gasteiger partial charge is 0.309 e. The molecule has 0 unspecified atom stereocenters. The van der Waals surface area contributed by atoms with E-state index in [4.69, 9.17) is 0 Å². The molecular weight excluding hydrogens is 266 g/mol. The molecule has 1 nitrogen and oxygen atoms in total. The van der Waals surface area contributed by atoms with Gasteiger partial charge in [0.25, 0.3) is 0 Å². The SMILES string of the molecule is Cc1ccc(-n2c3ccc(C)cc3c3cccc(C)c32)cc1. The normalized spacial score (nSPS) is 11.4. The maximum atomic E-state index is 2.39. The Balaban J connectivity index is 2.21. The van der Waals surface area contributed by atoms with Crippen LogP contribution in [0.2, 0.25) is 0 Å². The lowest BCUT2D eigenvalue weighted by Crippen LogP contribution is -1.95. The van der Waals surface area contributed by atoms with Gasteiger partial charge >= 0.3 is 0 Å². The Bertz CT molecular complexity index is 988. The van der Waals surface area contributed by atoms with Gasteiger partial charge in [0.1, 0.15) is 0 Å². The van der Waals surface area contributed by atoms with Gasteiger partial charge in [-0.2, -0.15) is 0 Å². The van der Waals surface area contributed by atoms with Crippen molar-refractivity contribution in [3.8, 4) is 5.69 Å². The Morgan fingerprint density at radius 3 is 2.18 bits per heavy atom. The highest BCUT2D eigenvalue weighted by Gasteiger charge is 2.13. The lowest BCUT2D eigenvalue weighted by Gasteiger charge is -2.09. The molecule has 1 heterocycles. The molecule has 0 amide bonds. The third-order valence-corrected chi connectivity index (χ3v) is 4.44. The molecule has 4 rings (SSSR count). The van der Waals surface area contributed by atoms with E-state index in [2.05, 4.69) is 86.0 Å². The van der Waals surface area contributed by atoms with Gasteiger partial charge in [-0.3, -0.25) is 0 Å². The van der Waals surface area contributed by atoms with E-state index >= 15 is 0 Å². The Morgan fingerprint density at radius 2 is 1.41 bits per heavy atom. The molecule has 3 aromatic carbocycles. The van der Waals surface area contributed by atoms with Crippen molar-refractivity contribution in [1.82, 2.24) is 4.57 Å². The molecule has 0 spiro atoms. The Labute approximate surface area is 130 Å². The zero-order chi connectivity index (χ0) is 15.3. The van der Waals surface area contributed by atoms with Crippen LogP contribution >= 0.6 is 0 Å². The van der Waals surface area contributed by atoms with Crippen LogP contribution in [0.5, 0.6) is 0 Å². The fourth-order valence-electron chi connectivity index (χ4n) is 3.32. The fraction of sp³-hybridized carbons (Fsp3) is 0.143. The third kappa shape index (κ3) is 1.86. The predicted molar refractivity (Wildman–Crippen MR) is 95.0 cm³/mol. The first-order valence-corrected chi connectivity index (χ1v) is 7.72. The fourth-order valence-corrected chi connectivity index (χ4v) is 3.32. The van der Waals surface area contributed by atoms with E-state index in [1.807, 2.05) is 0 Å². The summed E-state index contributed by atoms with van der Waals surface area (Å²) in [4.78, 5) is 0. The van der Waals surface area contributed by atoms with Crippen molar-refractivity contribution in [3.63, 3.8) is 0 Å². The summed E-state index contributed by atoms with van der Waals surface area (Å²) in [6.07, 6.45) is 0. The van der Waals surface area contributed by atoms with Crippen molar-refractivity contribution in [3.05, 3.63) is 77.4 Å². The molecule has 0 atom stereocenters. The van der Waals surface area contributed by atoms with Crippen molar-refractivity contribution in [2.24, 2.45) is 0 Å². The molecule has 0 saturated heterocycles. The average Bonchev–Trinajstić information content (AvgIpc) is 2.83. The molecule has 22 heavy (non-hydrogen) atoms. The van der Waals surface area contributed by atoms with Crippen LogP contribution in [-0.2, 0) is 0 Å². The van der Waals surface area contributed by atoms with Gasteiger partial charge in [0.15, 0.2) is 0 Å². The molecule has 0 bridgehead atoms. The third-order valence-electron chi connectivity index (χ3n) is 4.44. The number of rotatable bonds is 1. The molecule has 0 saturated carbocycles. The Morgan fingerprint density at radius 1 is 0.682 bits per heavy atom. The second-order valence-corrected chi connectivity index (χ2v) is 6.16. The minimum absolute atomic E-state index is 1.23. The summed E-state index contributed by atoms with van der Waals surface area (Å²) in [7, 11) is 0. The summed E-state index contributed by atoms with van der Waals surface area (Å²) in [6, 6.07) is 22.1. The van der Waals surface area contributed by atoms with E-state index in [0.29, 0.717) is 0 Å². The predicted octanol–water partition coefficient (Wildman–Crippen LogP) is 5.71. The van der Waals surface area contributed by atoms with Crippen molar-refractivity contribution in [2.75, 3.05) is 0 Å². The van der Waals surface area contributed by atoms with Gasteiger partial charge in [0.05, 0.1) is 11.0 Å². The topological polar surface area (TPSA) is 4.93 Å². The molecule has 1 aromatic heterocycles. The summed E-state index contributed by atoms with van der Waals surface area (Å²) < 4.78 is 2.39. The first-order valence-electron chi connectivity index (χ1n) is 7.72. The van der Waals surface area contributed by atoms with Gasteiger partial charge in [-0.1, -0.05) is 47.5 Å². The monoisotopic (exact) mass is 285 g/mol. The Hall–Kier alpha value is -2.54. The van der Waals surface area contributed by atoms with E-state index in [9.17, 15) is 0 Å². The van der Waals surface area contributed by atoms with Crippen LogP contribution < -0.4 is 0 Å². The molecule has 4 aromatic rings. The zero-order valence-electron chi connectivity index (χ0n) is 13.2. The molecule has 108 valence electrons. The van der Waals surface area contributed by atoms with Crippen LogP contribution in [0.15, 0.2) is 60.7 Å². The molecule has 0 aliphatic carbocycles. The van der Waals surface area contributed by atoms with E-state index in [1.54, 1.807) is 0 Å². The van der Waals surface area contributed by atoms with Gasteiger partial charge in [0.2, 0.25) is 0 Å². The molecule has 0 aliphatic rings. The summed E-state index contributed by atoms with van der Waals surface area (Å²) in [6.45, 7) is 6.48. The highest BCUT2D eigenvalue weighted by Crippen LogP contribution is 2.34. The standard InChI is InChI=1S/C21H19N/c1-14-7-10-17(11-8-14)22-20-12-9-15(2)13-19(20)18-6-4-5-16(3)21(18)22/h4-13H,1-3H3. The summed E-state index contributed by atoms with van der Waals surface area (Å²) in [5, 5.41) is 2.67. The van der Waals surface area contributed by atoms with Crippen molar-refractivity contribution in [2.45, 2.75) is 20.8 Å². The van der Waals surface area contributed by atoms with Crippen molar-refractivity contribution in [1.29, 1.82) is 0 Å². The van der Waals surface area contributed by atoms with E-state index < -0.39 is 0 Å². The van der Waals surface area contributed by atoms with Gasteiger partial charge in [-0.15, -0.1) is 0 Å². The van der Waals surface area contributed by atoms with Crippen LogP contribution in [0.3, 0.4) is 0 Å². The second-order valence-electron chi connectivity index (χ2n) is 6.16. The first kappa shape index (κ1) is 13.1. The number of benzene rings is 3. The number of aromatic nitrogens is 1. The summed E-state index contributed by atoms with van der Waals surface area (Å²) in [5.41, 5.74) is 7.72. The average molecular weight is 285 g/mol. The van der Waals surface area contributed by atoms with Crippen LogP contribution in [0.4, 0.5) is 0 Å². The van der Waals surface area contributed by atoms with Gasteiger partial charge in [0, 0.05) is 16.5 Å². The van der Waals surface area contributed by atoms with Crippen LogP contribution in [0.25, 0.3) is 27.5 Å². The van der Waals surface area contributed by atoms with E-state index in [0.717, 1.165) is 0 Å². The lowest BCUT2D eigenvalue weighted by molar-refractivity contribution is 1.16. The molecule has 0 radical (unpaired) electrons. The van der Waals surface area contributed by atoms with Crippen molar-refractivity contribution < 1.29 is 0 Å². The molecule has 0 fully saturated rings. The number of hydrogen-bond donors (Lipinski definition) is 0. The summed E-state index contributed by atoms with van der Waals surface area (Å²) in [5.74, 6) is 0. The minimum atomic E-state index is 1.23. The molecule has 0 aliphatic heterocycles. The van der Waals surface area contributed by atoms with Gasteiger partial charge in [-0.25, -0.2) is 0 Å². The minimum Gasteiger partial charge on any atom is -0.309 e. The first-order chi connectivity index (χ1) is 10.6. The van der Waals surface area contributed by atoms with Crippen LogP contribution in [0, 0.1) is 20.8 Å². The maximum Gasteiger partial charge on any atom is 0.0570 e. The number of para-hydroxylation sites is 1. The van der Waals surface area contributed by atoms with Crippen LogP contribution in [-0.4, -0.2) is 4.57 Å². The van der Waals surface area contributed by atoms with E-state index in [-0.39, 0.29) is 0 Å². The second kappa shape index (κ2) is 4.74. The van der Waals surface area contributed by atoms with Gasteiger partial charge < -0.3 is 4.57 Å². The molecular formula is C21H19N. The highest BCUT2D eigenvalue weighted by molar-refractivity contribution is 6.10. The highest BCUT2D eigenvalue weighted by atomic mass is 15.0. The molecule has 0 N–H and O–H groups in total. The maximum absolute atomic E-state index is 2.39. The zero-order valence-corrected chi connectivity index (χ0v) is 13.2. The molecule has 1 heteroatoms. The number of nitrogens with zero attached hydrogens (tertiary/aromatic N) is 1.